The molecule has 0 bridgehead atoms. The van der Waals surface area contributed by atoms with Crippen LogP contribution in [0.15, 0.2) is 0 Å². The molecule has 0 unspecified atom stereocenters. The van der Waals surface area contributed by atoms with Crippen LogP contribution in [0.2, 0.25) is 0 Å². The van der Waals surface area contributed by atoms with Gasteiger partial charge in [-0.05, 0) is 24.7 Å². The Balaban J connectivity index is 1.85. The first-order valence-corrected chi connectivity index (χ1v) is 13.4. The molecule has 2 aliphatic heterocycles. The van der Waals surface area contributed by atoms with Gasteiger partial charge in [0.15, 0.2) is 0 Å². The molecule has 2 aliphatic rings. The van der Waals surface area contributed by atoms with E-state index in [9.17, 15) is 0 Å². The highest BCUT2D eigenvalue weighted by Gasteiger charge is 2.21. The molecule has 0 saturated heterocycles. The maximum atomic E-state index is 6.48. The maximum Gasteiger partial charge on any atom is 0.147 e. The Morgan fingerprint density at radius 1 is 0.733 bits per heavy atom. The average molecular weight is 445 g/mol. The van der Waals surface area contributed by atoms with Crippen LogP contribution in [0.25, 0.3) is 12.2 Å². The van der Waals surface area contributed by atoms with E-state index in [1.165, 1.54) is 38.5 Å². The number of hydrogen-bond donors (Lipinski definition) is 0. The van der Waals surface area contributed by atoms with Crippen LogP contribution in [-0.4, -0.2) is 23.3 Å². The minimum atomic E-state index is 0.612. The van der Waals surface area contributed by atoms with Crippen molar-refractivity contribution >= 4 is 44.1 Å². The summed E-state index contributed by atoms with van der Waals surface area (Å²) in [5, 5.41) is 6.66. The first-order chi connectivity index (χ1) is 14.7. The van der Waals surface area contributed by atoms with E-state index >= 15 is 0 Å². The van der Waals surface area contributed by atoms with Gasteiger partial charge in [0.1, 0.15) is 11.5 Å². The van der Waals surface area contributed by atoms with E-state index in [0.29, 0.717) is 11.8 Å². The van der Waals surface area contributed by atoms with Crippen molar-refractivity contribution in [1.82, 2.24) is 0 Å². The summed E-state index contributed by atoms with van der Waals surface area (Å²) in [5.74, 6) is 3.23. The molecular formula is C26H36O2S2. The molecule has 0 saturated carbocycles. The first kappa shape index (κ1) is 23.2. The molecule has 0 aromatic heterocycles. The number of fused-ring (bicyclic) bond motifs is 2. The second-order valence-electron chi connectivity index (χ2n) is 8.33. The van der Waals surface area contributed by atoms with Crippen molar-refractivity contribution in [2.24, 2.45) is 11.8 Å². The quantitative estimate of drug-likeness (QED) is 0.237. The van der Waals surface area contributed by atoms with E-state index in [2.05, 4.69) is 49.9 Å². The molecule has 3 rings (SSSR count). The fraction of sp³-hybridized carbons (Fsp3) is 0.615. The first-order valence-electron chi connectivity index (χ1n) is 11.7. The van der Waals surface area contributed by atoms with Crippen molar-refractivity contribution in [3.05, 3.63) is 20.1 Å². The van der Waals surface area contributed by atoms with Crippen LogP contribution >= 0.6 is 21.9 Å². The Hall–Kier alpha value is -1.44. The van der Waals surface area contributed by atoms with E-state index in [4.69, 9.17) is 9.47 Å². The largest absolute Gasteiger partial charge is 0.491 e. The maximum absolute atomic E-state index is 6.48. The molecule has 1 aromatic carbocycles. The molecule has 0 spiro atoms. The zero-order valence-electron chi connectivity index (χ0n) is 19.0. The third-order valence-corrected chi connectivity index (χ3v) is 7.82. The van der Waals surface area contributed by atoms with Crippen molar-refractivity contribution in [1.29, 1.82) is 0 Å². The van der Waals surface area contributed by atoms with Gasteiger partial charge in [-0.1, -0.05) is 98.1 Å². The van der Waals surface area contributed by atoms with E-state index in [-0.39, 0.29) is 0 Å². The minimum absolute atomic E-state index is 0.612. The van der Waals surface area contributed by atoms with E-state index in [0.717, 1.165) is 57.7 Å². The monoisotopic (exact) mass is 444 g/mol. The molecule has 0 N–H and O–H groups in total. The van der Waals surface area contributed by atoms with E-state index in [1.54, 1.807) is 21.9 Å². The summed E-state index contributed by atoms with van der Waals surface area (Å²) >= 11 is 0. The molecule has 2 atom stereocenters. The van der Waals surface area contributed by atoms with Gasteiger partial charge in [0.05, 0.1) is 22.2 Å². The summed E-state index contributed by atoms with van der Waals surface area (Å²) in [4.78, 5) is 0. The number of rotatable bonds is 14. The van der Waals surface area contributed by atoms with Crippen LogP contribution in [0.4, 0.5) is 0 Å². The second kappa shape index (κ2) is 11.8. The van der Waals surface area contributed by atoms with Crippen molar-refractivity contribution in [3.8, 4) is 11.5 Å². The lowest BCUT2D eigenvalue weighted by molar-refractivity contribution is 0.226. The predicted octanol–water partition coefficient (Wildman–Crippen LogP) is 7.70. The highest BCUT2D eigenvalue weighted by atomic mass is 32.1. The molecule has 1 aromatic rings. The zero-order valence-corrected chi connectivity index (χ0v) is 20.6. The fourth-order valence-electron chi connectivity index (χ4n) is 3.94. The fourth-order valence-corrected chi connectivity index (χ4v) is 5.58. The molecule has 2 heterocycles. The summed E-state index contributed by atoms with van der Waals surface area (Å²) in [5.41, 5.74) is 2.29. The van der Waals surface area contributed by atoms with Crippen molar-refractivity contribution in [3.63, 3.8) is 0 Å². The molecule has 4 heteroatoms. The van der Waals surface area contributed by atoms with Crippen LogP contribution in [0.1, 0.15) is 90.2 Å². The molecule has 2 nitrogen and oxygen atoms in total. The SMILES string of the molecule is CCCC[C@@H](CC)COc1c2c(c(OC[C@H](CC)CCCC)c3c1=S=C=C3)=S=C=C2. The van der Waals surface area contributed by atoms with Crippen LogP contribution in [0.5, 0.6) is 11.5 Å². The van der Waals surface area contributed by atoms with Gasteiger partial charge < -0.3 is 9.47 Å². The molecule has 0 aliphatic carbocycles. The predicted molar refractivity (Wildman–Crippen MR) is 136 cm³/mol. The molecular weight excluding hydrogens is 408 g/mol. The van der Waals surface area contributed by atoms with Crippen molar-refractivity contribution in [2.75, 3.05) is 13.2 Å². The number of unbranched alkanes of at least 4 members (excludes halogenated alkanes) is 2. The average Bonchev–Trinajstić information content (AvgIpc) is 3.44. The van der Waals surface area contributed by atoms with Gasteiger partial charge in [-0.15, -0.1) is 0 Å². The Bertz CT molecular complexity index is 933. The van der Waals surface area contributed by atoms with Crippen LogP contribution < -0.4 is 9.47 Å². The molecule has 0 fully saturated rings. The van der Waals surface area contributed by atoms with Crippen LogP contribution in [0, 0.1) is 20.9 Å². The van der Waals surface area contributed by atoms with Crippen molar-refractivity contribution in [2.45, 2.75) is 79.1 Å². The lowest BCUT2D eigenvalue weighted by atomic mass is 10.00. The lowest BCUT2D eigenvalue weighted by Gasteiger charge is -2.20. The summed E-state index contributed by atoms with van der Waals surface area (Å²) in [6.45, 7) is 10.6. The van der Waals surface area contributed by atoms with Crippen LogP contribution in [0.3, 0.4) is 0 Å². The normalized spacial score (nSPS) is 14.8. The number of benzene rings is 1. The van der Waals surface area contributed by atoms with E-state index < -0.39 is 0 Å². The Morgan fingerprint density at radius 2 is 1.17 bits per heavy atom. The van der Waals surface area contributed by atoms with E-state index in [1.807, 2.05) is 0 Å². The third-order valence-electron chi connectivity index (χ3n) is 6.13. The van der Waals surface area contributed by atoms with Crippen molar-refractivity contribution < 1.29 is 9.47 Å². The highest BCUT2D eigenvalue weighted by Crippen LogP contribution is 2.39. The number of ether oxygens (including phenoxy) is 2. The van der Waals surface area contributed by atoms with Gasteiger partial charge in [0.25, 0.3) is 0 Å². The summed E-state index contributed by atoms with van der Waals surface area (Å²) in [6, 6.07) is 0. The molecule has 164 valence electrons. The Labute approximate surface area is 189 Å². The molecule has 0 radical (unpaired) electrons. The van der Waals surface area contributed by atoms with Gasteiger partial charge >= 0.3 is 0 Å². The minimum Gasteiger partial charge on any atom is -0.491 e. The van der Waals surface area contributed by atoms with Gasteiger partial charge in [-0.3, -0.25) is 0 Å². The third kappa shape index (κ3) is 5.42. The second-order valence-corrected chi connectivity index (χ2v) is 10.0. The van der Waals surface area contributed by atoms with Gasteiger partial charge in [-0.25, -0.2) is 0 Å². The van der Waals surface area contributed by atoms with Crippen LogP contribution in [-0.2, 0) is 0 Å². The molecule has 0 amide bonds. The summed E-state index contributed by atoms with van der Waals surface area (Å²) < 4.78 is 15.3. The Kier molecular flexibility index (Phi) is 9.15. The van der Waals surface area contributed by atoms with Gasteiger partial charge in [0.2, 0.25) is 0 Å². The van der Waals surface area contributed by atoms with Gasteiger partial charge in [0, 0.05) is 23.3 Å². The Morgan fingerprint density at radius 3 is 1.53 bits per heavy atom. The smallest absolute Gasteiger partial charge is 0.147 e. The summed E-state index contributed by atoms with van der Waals surface area (Å²) in [7, 11) is 3.28. The zero-order chi connectivity index (χ0) is 21.3. The lowest BCUT2D eigenvalue weighted by Crippen LogP contribution is -2.14. The standard InChI is InChI=1S/C26H36O2S2/c1-5-9-11-19(7-3)17-27-23-21-13-15-30-26(21)24(22-14-16-29-25(22)23)28-18-20(8-4)12-10-6-2/h13-14,19-20H,5-12,17-18H2,1-4H3/t19-,20-/m1/s1. The molecule has 30 heavy (non-hydrogen) atoms. The van der Waals surface area contributed by atoms with Gasteiger partial charge in [-0.2, -0.15) is 0 Å². The topological polar surface area (TPSA) is 18.5 Å². The highest BCUT2D eigenvalue weighted by molar-refractivity contribution is 7.90. The number of hydrogen-bond acceptors (Lipinski definition) is 2. The summed E-state index contributed by atoms with van der Waals surface area (Å²) in [6.07, 6.45) is 14.0.